The first kappa shape index (κ1) is 18.9. The number of aliphatic hydroxyl groups is 1. The van der Waals surface area contributed by atoms with E-state index in [1.807, 2.05) is 0 Å². The van der Waals surface area contributed by atoms with Crippen LogP contribution in [0.15, 0.2) is 0 Å². The molecule has 2 atom stereocenters. The average molecular weight is 300 g/mol. The van der Waals surface area contributed by atoms with Crippen molar-refractivity contribution in [1.29, 1.82) is 0 Å². The van der Waals surface area contributed by atoms with Gasteiger partial charge in [-0.25, -0.2) is 0 Å². The Hall–Kier alpha value is -0.120. The minimum absolute atomic E-state index is 0.0518. The second-order valence-electron chi connectivity index (χ2n) is 6.50. The third kappa shape index (κ3) is 10.3. The summed E-state index contributed by atoms with van der Waals surface area (Å²) in [5.41, 5.74) is 0. The van der Waals surface area contributed by atoms with E-state index in [9.17, 15) is 0 Å². The summed E-state index contributed by atoms with van der Waals surface area (Å²) in [6, 6.07) is 0. The molecule has 0 bridgehead atoms. The van der Waals surface area contributed by atoms with Crippen LogP contribution in [0.5, 0.6) is 0 Å². The maximum atomic E-state index is 8.99. The topological polar surface area (TPSA) is 38.7 Å². The van der Waals surface area contributed by atoms with Gasteiger partial charge in [0.25, 0.3) is 0 Å². The highest BCUT2D eigenvalue weighted by atomic mass is 16.5. The van der Waals surface area contributed by atoms with Crippen molar-refractivity contribution in [2.24, 2.45) is 5.92 Å². The lowest BCUT2D eigenvalue weighted by atomic mass is 10.1. The summed E-state index contributed by atoms with van der Waals surface area (Å²) in [5.74, 6) is 0.491. The van der Waals surface area contributed by atoms with Crippen LogP contribution in [0.4, 0.5) is 0 Å². The highest BCUT2D eigenvalue weighted by molar-refractivity contribution is 4.72. The summed E-state index contributed by atoms with van der Waals surface area (Å²) >= 11 is 0. The van der Waals surface area contributed by atoms with Crippen LogP contribution < -0.4 is 0 Å². The summed E-state index contributed by atoms with van der Waals surface area (Å²) in [6.45, 7) is 4.86. The van der Waals surface area contributed by atoms with Crippen molar-refractivity contribution in [3.8, 4) is 0 Å². The maximum Gasteiger partial charge on any atom is 0.0810 e. The predicted molar refractivity (Wildman–Crippen MR) is 87.6 cm³/mol. The van der Waals surface area contributed by atoms with Gasteiger partial charge in [-0.15, -0.1) is 0 Å². The summed E-state index contributed by atoms with van der Waals surface area (Å²) in [7, 11) is 0. The van der Waals surface area contributed by atoms with Crippen molar-refractivity contribution in [2.75, 3.05) is 26.4 Å². The standard InChI is InChI=1S/C18H36O3/c1-2-3-4-5-6-7-8-9-10-11-12-20-15-17-13-18(14-19)21-16-17/h17-19H,2-16H2,1H3. The Morgan fingerprint density at radius 3 is 2.14 bits per heavy atom. The molecule has 3 nitrogen and oxygen atoms in total. The van der Waals surface area contributed by atoms with Crippen LogP contribution in [0.2, 0.25) is 0 Å². The molecule has 0 amide bonds. The van der Waals surface area contributed by atoms with Crippen molar-refractivity contribution in [3.05, 3.63) is 0 Å². The summed E-state index contributed by atoms with van der Waals surface area (Å²) in [4.78, 5) is 0. The van der Waals surface area contributed by atoms with Crippen molar-refractivity contribution >= 4 is 0 Å². The van der Waals surface area contributed by atoms with Crippen LogP contribution in [0.25, 0.3) is 0 Å². The molecule has 1 aliphatic heterocycles. The Bertz CT molecular complexity index is 221. The lowest BCUT2D eigenvalue weighted by Crippen LogP contribution is -2.12. The molecule has 2 unspecified atom stereocenters. The predicted octanol–water partition coefficient (Wildman–Crippen LogP) is 4.32. The number of hydrogen-bond donors (Lipinski definition) is 1. The molecule has 1 heterocycles. The normalized spacial score (nSPS) is 22.0. The second-order valence-corrected chi connectivity index (χ2v) is 6.50. The number of aliphatic hydroxyl groups excluding tert-OH is 1. The van der Waals surface area contributed by atoms with Gasteiger partial charge in [-0.1, -0.05) is 64.7 Å². The van der Waals surface area contributed by atoms with E-state index in [0.717, 1.165) is 26.2 Å². The van der Waals surface area contributed by atoms with E-state index in [1.165, 1.54) is 64.2 Å². The van der Waals surface area contributed by atoms with E-state index in [2.05, 4.69) is 6.92 Å². The minimum atomic E-state index is 0.0518. The molecular weight excluding hydrogens is 264 g/mol. The number of rotatable bonds is 14. The summed E-state index contributed by atoms with van der Waals surface area (Å²) < 4.78 is 11.2. The molecule has 0 spiro atoms. The molecule has 3 heteroatoms. The van der Waals surface area contributed by atoms with Crippen molar-refractivity contribution in [3.63, 3.8) is 0 Å². The summed E-state index contributed by atoms with van der Waals surface area (Å²) in [6.07, 6.45) is 14.7. The van der Waals surface area contributed by atoms with Crippen molar-refractivity contribution in [1.82, 2.24) is 0 Å². The van der Waals surface area contributed by atoms with E-state index in [1.54, 1.807) is 0 Å². The molecule has 0 aromatic heterocycles. The van der Waals surface area contributed by atoms with Crippen LogP contribution in [0.1, 0.15) is 77.6 Å². The number of unbranched alkanes of at least 4 members (excludes halogenated alkanes) is 9. The zero-order valence-electron chi connectivity index (χ0n) is 14.0. The van der Waals surface area contributed by atoms with Crippen LogP contribution in [-0.2, 0) is 9.47 Å². The minimum Gasteiger partial charge on any atom is -0.394 e. The van der Waals surface area contributed by atoms with E-state index in [0.29, 0.717) is 5.92 Å². The fourth-order valence-corrected chi connectivity index (χ4v) is 2.96. The molecule has 0 aromatic rings. The SMILES string of the molecule is CCCCCCCCCCCCOCC1COC(CO)C1. The number of ether oxygens (including phenoxy) is 2. The lowest BCUT2D eigenvalue weighted by Gasteiger charge is -2.09. The molecule has 0 radical (unpaired) electrons. The maximum absolute atomic E-state index is 8.99. The molecule has 1 rings (SSSR count). The largest absolute Gasteiger partial charge is 0.394 e. The Balaban J connectivity index is 1.73. The van der Waals surface area contributed by atoms with Crippen molar-refractivity contribution < 1.29 is 14.6 Å². The van der Waals surface area contributed by atoms with E-state index < -0.39 is 0 Å². The monoisotopic (exact) mass is 300 g/mol. The Kier molecular flexibility index (Phi) is 12.2. The second kappa shape index (κ2) is 13.5. The lowest BCUT2D eigenvalue weighted by molar-refractivity contribution is 0.0508. The smallest absolute Gasteiger partial charge is 0.0810 e. The first-order chi connectivity index (χ1) is 10.4. The van der Waals surface area contributed by atoms with E-state index in [-0.39, 0.29) is 12.7 Å². The highest BCUT2D eigenvalue weighted by Crippen LogP contribution is 2.19. The molecule has 1 N–H and O–H groups in total. The Labute approximate surface area is 131 Å². The third-order valence-corrected chi connectivity index (χ3v) is 4.36. The average Bonchev–Trinajstić information content (AvgIpc) is 2.96. The quantitative estimate of drug-likeness (QED) is 0.486. The fourth-order valence-electron chi connectivity index (χ4n) is 2.96. The summed E-state index contributed by atoms with van der Waals surface area (Å²) in [5, 5.41) is 8.99. The molecule has 0 aliphatic carbocycles. The fraction of sp³-hybridized carbons (Fsp3) is 1.00. The first-order valence-electron chi connectivity index (χ1n) is 9.17. The van der Waals surface area contributed by atoms with Gasteiger partial charge in [0.15, 0.2) is 0 Å². The van der Waals surface area contributed by atoms with Crippen LogP contribution in [-0.4, -0.2) is 37.6 Å². The van der Waals surface area contributed by atoms with Gasteiger partial charge in [-0.3, -0.25) is 0 Å². The molecule has 0 saturated carbocycles. The Morgan fingerprint density at radius 1 is 0.952 bits per heavy atom. The van der Waals surface area contributed by atoms with Gasteiger partial charge in [0.1, 0.15) is 0 Å². The molecule has 21 heavy (non-hydrogen) atoms. The zero-order valence-corrected chi connectivity index (χ0v) is 14.0. The van der Waals surface area contributed by atoms with Gasteiger partial charge in [0.2, 0.25) is 0 Å². The molecule has 126 valence electrons. The van der Waals surface area contributed by atoms with Gasteiger partial charge in [-0.2, -0.15) is 0 Å². The first-order valence-corrected chi connectivity index (χ1v) is 9.17. The molecular formula is C18H36O3. The van der Waals surface area contributed by atoms with E-state index >= 15 is 0 Å². The van der Waals surface area contributed by atoms with Crippen molar-refractivity contribution in [2.45, 2.75) is 83.7 Å². The number of hydrogen-bond acceptors (Lipinski definition) is 3. The molecule has 1 fully saturated rings. The van der Waals surface area contributed by atoms with Gasteiger partial charge in [0.05, 0.1) is 25.9 Å². The molecule has 1 saturated heterocycles. The third-order valence-electron chi connectivity index (χ3n) is 4.36. The van der Waals surface area contributed by atoms with Crippen LogP contribution in [0.3, 0.4) is 0 Å². The molecule has 0 aromatic carbocycles. The van der Waals surface area contributed by atoms with Gasteiger partial charge >= 0.3 is 0 Å². The van der Waals surface area contributed by atoms with Crippen LogP contribution in [0, 0.1) is 5.92 Å². The van der Waals surface area contributed by atoms with Gasteiger partial charge in [-0.05, 0) is 12.8 Å². The Morgan fingerprint density at radius 2 is 1.57 bits per heavy atom. The zero-order chi connectivity index (χ0) is 15.2. The van der Waals surface area contributed by atoms with E-state index in [4.69, 9.17) is 14.6 Å². The molecule has 1 aliphatic rings. The highest BCUT2D eigenvalue weighted by Gasteiger charge is 2.24. The van der Waals surface area contributed by atoms with Gasteiger partial charge < -0.3 is 14.6 Å². The van der Waals surface area contributed by atoms with Gasteiger partial charge in [0, 0.05) is 12.5 Å². The van der Waals surface area contributed by atoms with Crippen LogP contribution >= 0.6 is 0 Å².